The Labute approximate surface area is 322 Å². The summed E-state index contributed by atoms with van der Waals surface area (Å²) in [6, 6.07) is 4.20. The van der Waals surface area contributed by atoms with Crippen LogP contribution in [0.25, 0.3) is 10.9 Å². The number of para-hydroxylation sites is 1. The number of carbonyl (C=O) groups is 7. The number of benzene rings is 1. The van der Waals surface area contributed by atoms with Crippen molar-refractivity contribution in [2.45, 2.75) is 91.4 Å². The summed E-state index contributed by atoms with van der Waals surface area (Å²) in [7, 11) is 5.27. The van der Waals surface area contributed by atoms with Gasteiger partial charge in [0.25, 0.3) is 11.8 Å². The maximum absolute atomic E-state index is 14.3. The Hall–Kier alpha value is -5.31. The highest BCUT2D eigenvalue weighted by Gasteiger charge is 2.42. The van der Waals surface area contributed by atoms with Crippen LogP contribution in [0.5, 0.6) is 0 Å². The van der Waals surface area contributed by atoms with Gasteiger partial charge in [-0.3, -0.25) is 38.5 Å². The van der Waals surface area contributed by atoms with E-state index in [0.717, 1.165) is 33.5 Å². The fourth-order valence-corrected chi connectivity index (χ4v) is 6.86. The molecule has 0 saturated carbocycles. The van der Waals surface area contributed by atoms with Crippen LogP contribution in [-0.4, -0.2) is 112 Å². The molecule has 1 aliphatic rings. The van der Waals surface area contributed by atoms with Crippen LogP contribution in [0.3, 0.4) is 0 Å². The number of aliphatic carboxylic acids is 1. The zero-order chi connectivity index (χ0) is 41.6. The van der Waals surface area contributed by atoms with Crippen LogP contribution in [0.1, 0.15) is 67.4 Å². The molecule has 1 aromatic carbocycles. The lowest BCUT2D eigenvalue weighted by Gasteiger charge is -2.39. The number of aromatic nitrogens is 1. The molecule has 55 heavy (non-hydrogen) atoms. The van der Waals surface area contributed by atoms with E-state index in [1.165, 1.54) is 11.8 Å². The molecule has 0 unspecified atom stereocenters. The van der Waals surface area contributed by atoms with E-state index < -0.39 is 71.0 Å². The number of carboxylic acid groups (broad SMARTS) is 1. The number of likely N-dealkylation sites (N-methyl/N-ethyl adjacent to an activating group) is 2. The van der Waals surface area contributed by atoms with Gasteiger partial charge in [0.15, 0.2) is 0 Å². The number of fused-ring (bicyclic) bond motifs is 1. The summed E-state index contributed by atoms with van der Waals surface area (Å²) in [6.45, 7) is 14.5. The van der Waals surface area contributed by atoms with Crippen LogP contribution < -0.4 is 21.3 Å². The number of nitrogens with zero attached hydrogens (tertiary/aromatic N) is 3. The van der Waals surface area contributed by atoms with E-state index in [0.29, 0.717) is 0 Å². The zero-order valence-corrected chi connectivity index (χ0v) is 33.8. The Bertz CT molecular complexity index is 1850. The Morgan fingerprint density at radius 2 is 1.53 bits per heavy atom. The summed E-state index contributed by atoms with van der Waals surface area (Å²) < 4.78 is 2.03. The van der Waals surface area contributed by atoms with Crippen molar-refractivity contribution in [3.05, 3.63) is 59.8 Å². The smallest absolute Gasteiger partial charge is 0.305 e. The van der Waals surface area contributed by atoms with Crippen LogP contribution in [0, 0.1) is 11.3 Å². The van der Waals surface area contributed by atoms with Crippen molar-refractivity contribution < 1.29 is 38.7 Å². The molecule has 1 aliphatic heterocycles. The van der Waals surface area contributed by atoms with Crippen LogP contribution in [0.4, 0.5) is 0 Å². The molecule has 0 spiro atoms. The summed E-state index contributed by atoms with van der Waals surface area (Å²) in [5, 5.41) is 21.6. The number of carbonyl (C=O) groups excluding carboxylic acids is 6. The van der Waals surface area contributed by atoms with Crippen molar-refractivity contribution in [2.75, 3.05) is 27.2 Å². The largest absolute Gasteiger partial charge is 0.481 e. The van der Waals surface area contributed by atoms with Crippen molar-refractivity contribution in [3.8, 4) is 0 Å². The quantitative estimate of drug-likeness (QED) is 0.118. The van der Waals surface area contributed by atoms with Crippen LogP contribution in [0.2, 0.25) is 0 Å². The Morgan fingerprint density at radius 1 is 0.927 bits per heavy atom. The lowest BCUT2D eigenvalue weighted by molar-refractivity contribution is -0.141. The lowest BCUT2D eigenvalue weighted by atomic mass is 9.76. The monoisotopic (exact) mass is 763 g/mol. The number of aryl methyl sites for hydroxylation is 1. The third-order valence-corrected chi connectivity index (χ3v) is 10.1. The average molecular weight is 764 g/mol. The second kappa shape index (κ2) is 17.9. The molecule has 15 nitrogen and oxygen atoms in total. The molecule has 3 rings (SSSR count). The van der Waals surface area contributed by atoms with E-state index in [1.54, 1.807) is 20.2 Å². The first kappa shape index (κ1) is 44.1. The molecule has 2 aromatic rings. The van der Waals surface area contributed by atoms with Crippen molar-refractivity contribution in [2.24, 2.45) is 18.4 Å². The number of carboxylic acids is 1. The molecule has 15 heteroatoms. The van der Waals surface area contributed by atoms with Gasteiger partial charge in [-0.1, -0.05) is 72.7 Å². The van der Waals surface area contributed by atoms with E-state index >= 15 is 0 Å². The molecule has 0 bridgehead atoms. The fourth-order valence-electron chi connectivity index (χ4n) is 6.86. The first-order valence-electron chi connectivity index (χ1n) is 18.3. The second-order valence-corrected chi connectivity index (χ2v) is 16.0. The van der Waals surface area contributed by atoms with Crippen molar-refractivity contribution in [1.29, 1.82) is 0 Å². The Kier molecular flexibility index (Phi) is 14.3. The van der Waals surface area contributed by atoms with E-state index in [9.17, 15) is 38.7 Å². The fraction of sp³-hybridized carbons (Fsp3) is 0.525. The molecule has 0 fully saturated rings. The third kappa shape index (κ3) is 10.5. The van der Waals surface area contributed by atoms with Crippen LogP contribution in [0.15, 0.2) is 54.3 Å². The minimum absolute atomic E-state index is 0.129. The number of hydrogen-bond acceptors (Lipinski definition) is 8. The second-order valence-electron chi connectivity index (χ2n) is 16.0. The molecule has 0 aliphatic carbocycles. The molecule has 5 N–H and O–H groups in total. The molecule has 300 valence electrons. The predicted molar refractivity (Wildman–Crippen MR) is 208 cm³/mol. The van der Waals surface area contributed by atoms with Gasteiger partial charge in [-0.25, -0.2) is 0 Å². The van der Waals surface area contributed by atoms with Gasteiger partial charge in [0, 0.05) is 67.4 Å². The molecular weight excluding hydrogens is 706 g/mol. The van der Waals surface area contributed by atoms with Crippen molar-refractivity contribution in [1.82, 2.24) is 35.6 Å². The Morgan fingerprint density at radius 3 is 2.07 bits per heavy atom. The summed E-state index contributed by atoms with van der Waals surface area (Å²) in [5.74, 6) is -4.87. The number of rotatable bonds is 17. The topological polar surface area (TPSA) is 199 Å². The van der Waals surface area contributed by atoms with Gasteiger partial charge in [0.2, 0.25) is 23.6 Å². The first-order valence-corrected chi connectivity index (χ1v) is 18.3. The standard InChI is InChI=1S/C40H57N7O8/c1-23(2)29(20-24(3)35(52)43-27(21-32(50)51)36(53)42-18-19-47-30(48)16-17-31(47)49)46(11)38(55)34(39(4,5)6)44-37(54)33(41-9)40(7,8)26-22-45(10)28-15-13-12-14-25(26)28/h12-17,20,22-23,27,29,33-34,41H,18-19,21H2,1-11H3,(H,42,53)(H,43,52)(H,44,54)(H,50,51)/b24-20+/t27-,29+,33+,34+/m0/s1. The van der Waals surface area contributed by atoms with Crippen molar-refractivity contribution in [3.63, 3.8) is 0 Å². The van der Waals surface area contributed by atoms with Crippen LogP contribution in [-0.2, 0) is 46.0 Å². The van der Waals surface area contributed by atoms with Gasteiger partial charge in [-0.2, -0.15) is 0 Å². The SMILES string of the molecule is CN[C@H](C(=O)N[C@H](C(=O)N(C)[C@H](/C=C(\C)C(=O)N[C@@H](CC(=O)O)C(=O)NCCN1C(=O)C=CC1=O)C(C)C)C(C)(C)C)C(C)(C)c1cn(C)c2ccccc12. The van der Waals surface area contributed by atoms with Gasteiger partial charge < -0.3 is 35.8 Å². The van der Waals surface area contributed by atoms with Gasteiger partial charge >= 0.3 is 5.97 Å². The highest BCUT2D eigenvalue weighted by Crippen LogP contribution is 2.35. The number of amides is 6. The summed E-state index contributed by atoms with van der Waals surface area (Å²) in [4.78, 5) is 92.4. The highest BCUT2D eigenvalue weighted by atomic mass is 16.4. The molecular formula is C40H57N7O8. The molecule has 6 amide bonds. The molecule has 4 atom stereocenters. The van der Waals surface area contributed by atoms with Gasteiger partial charge in [-0.15, -0.1) is 0 Å². The predicted octanol–water partition coefficient (Wildman–Crippen LogP) is 2.00. The molecule has 0 saturated heterocycles. The molecule has 0 radical (unpaired) electrons. The number of nitrogens with one attached hydrogen (secondary N) is 4. The highest BCUT2D eigenvalue weighted by molar-refractivity contribution is 6.12. The van der Waals surface area contributed by atoms with E-state index in [-0.39, 0.29) is 36.4 Å². The minimum atomic E-state index is -1.47. The maximum atomic E-state index is 14.3. The first-order chi connectivity index (χ1) is 25.5. The summed E-state index contributed by atoms with van der Waals surface area (Å²) >= 11 is 0. The Balaban J connectivity index is 1.80. The number of hydrogen-bond donors (Lipinski definition) is 5. The van der Waals surface area contributed by atoms with E-state index in [2.05, 4.69) is 21.3 Å². The minimum Gasteiger partial charge on any atom is -0.481 e. The zero-order valence-electron chi connectivity index (χ0n) is 33.8. The van der Waals surface area contributed by atoms with Crippen molar-refractivity contribution >= 4 is 52.3 Å². The van der Waals surface area contributed by atoms with Gasteiger partial charge in [0.05, 0.1) is 18.5 Å². The normalized spacial score (nSPS) is 15.9. The van der Waals surface area contributed by atoms with Gasteiger partial charge in [-0.05, 0) is 36.9 Å². The van der Waals surface area contributed by atoms with E-state index in [4.69, 9.17) is 0 Å². The van der Waals surface area contributed by atoms with E-state index in [1.807, 2.05) is 90.5 Å². The third-order valence-electron chi connectivity index (χ3n) is 10.1. The average Bonchev–Trinajstić information content (AvgIpc) is 3.61. The van der Waals surface area contributed by atoms with Gasteiger partial charge in [0.1, 0.15) is 12.1 Å². The lowest BCUT2D eigenvalue weighted by Crippen LogP contribution is -2.61. The molecule has 2 heterocycles. The summed E-state index contributed by atoms with van der Waals surface area (Å²) in [5.41, 5.74) is 0.730. The summed E-state index contributed by atoms with van der Waals surface area (Å²) in [6.07, 6.45) is 5.09. The number of imide groups is 1. The van der Waals surface area contributed by atoms with Crippen LogP contribution >= 0.6 is 0 Å². The molecule has 1 aromatic heterocycles. The maximum Gasteiger partial charge on any atom is 0.305 e.